The fraction of sp³-hybridized carbons (Fsp3) is 0.467. The van der Waals surface area contributed by atoms with Crippen molar-refractivity contribution in [2.24, 2.45) is 0 Å². The molecular formula is C30H35F3N2O6. The first-order chi connectivity index (χ1) is 19.2. The van der Waals surface area contributed by atoms with Gasteiger partial charge in [0.05, 0.1) is 31.4 Å². The molecule has 1 aliphatic rings. The van der Waals surface area contributed by atoms with Crippen LogP contribution in [0.4, 0.5) is 18.0 Å². The van der Waals surface area contributed by atoms with Gasteiger partial charge in [0.15, 0.2) is 0 Å². The largest absolute Gasteiger partial charge is 0.522 e. The van der Waals surface area contributed by atoms with Crippen LogP contribution in [0.5, 0.6) is 5.75 Å². The Morgan fingerprint density at radius 1 is 1.05 bits per heavy atom. The first-order valence-corrected chi connectivity index (χ1v) is 13.3. The Kier molecular flexibility index (Phi) is 8.70. The average Bonchev–Trinajstić information content (AvgIpc) is 3.35. The number of hydrogen-bond acceptors (Lipinski definition) is 7. The molecule has 1 saturated heterocycles. The summed E-state index contributed by atoms with van der Waals surface area (Å²) in [7, 11) is 2.84. The monoisotopic (exact) mass is 576 g/mol. The lowest BCUT2D eigenvalue weighted by Crippen LogP contribution is -2.41. The van der Waals surface area contributed by atoms with E-state index in [9.17, 15) is 22.8 Å². The molecule has 2 aromatic carbocycles. The van der Waals surface area contributed by atoms with E-state index in [4.69, 9.17) is 14.2 Å². The number of carbonyl (C=O) groups excluding carboxylic acids is 2. The molecule has 0 radical (unpaired) electrons. The highest BCUT2D eigenvalue weighted by Gasteiger charge is 2.39. The Bertz CT molecular complexity index is 1410. The number of likely N-dealkylation sites (tertiary alicyclic amines) is 1. The second-order valence-electron chi connectivity index (χ2n) is 11.1. The van der Waals surface area contributed by atoms with Crippen molar-refractivity contribution in [3.05, 3.63) is 64.8 Å². The Morgan fingerprint density at radius 2 is 1.73 bits per heavy atom. The smallest absolute Gasteiger partial charge is 0.496 e. The molecule has 0 N–H and O–H groups in total. The number of benzene rings is 2. The number of carbonyl (C=O) groups is 2. The van der Waals surface area contributed by atoms with E-state index in [0.29, 0.717) is 29.9 Å². The van der Waals surface area contributed by atoms with Gasteiger partial charge in [-0.1, -0.05) is 12.1 Å². The summed E-state index contributed by atoms with van der Waals surface area (Å²) in [5.74, 6) is 0.0991. The standard InChI is InChI=1S/C30H35F3N2O6/c1-18-15-25(38-5)23(22-12-14-35(26(18)22)28(37)41-29(2,3)4)17-34-13-11-21(40-30(31,32)33)16-24(34)19-7-9-20(10-8-19)27(36)39-6/h7-10,12,14-15,21,24H,11,13,16-17H2,1-6H3/t21-,24-/m0/s1. The fourth-order valence-electron chi connectivity index (χ4n) is 5.35. The number of aromatic nitrogens is 1. The molecule has 0 spiro atoms. The van der Waals surface area contributed by atoms with Crippen LogP contribution in [0, 0.1) is 6.92 Å². The fourth-order valence-corrected chi connectivity index (χ4v) is 5.35. The van der Waals surface area contributed by atoms with E-state index in [1.54, 1.807) is 58.3 Å². The first-order valence-electron chi connectivity index (χ1n) is 13.3. The third-order valence-corrected chi connectivity index (χ3v) is 7.08. The van der Waals surface area contributed by atoms with Gasteiger partial charge in [-0.15, -0.1) is 13.2 Å². The maximum absolute atomic E-state index is 13.1. The van der Waals surface area contributed by atoms with Crippen molar-refractivity contribution in [3.63, 3.8) is 0 Å². The third kappa shape index (κ3) is 7.02. The Hall–Kier alpha value is -3.57. The highest BCUT2D eigenvalue weighted by atomic mass is 19.4. The van der Waals surface area contributed by atoms with Crippen molar-refractivity contribution < 1.29 is 41.7 Å². The van der Waals surface area contributed by atoms with Crippen molar-refractivity contribution in [3.8, 4) is 5.75 Å². The number of ether oxygens (including phenoxy) is 4. The number of methoxy groups -OCH3 is 2. The maximum atomic E-state index is 13.1. The number of hydrogen-bond donors (Lipinski definition) is 0. The summed E-state index contributed by atoms with van der Waals surface area (Å²) in [4.78, 5) is 27.0. The number of alkyl halides is 3. The molecule has 1 fully saturated rings. The van der Waals surface area contributed by atoms with Gasteiger partial charge >= 0.3 is 18.4 Å². The summed E-state index contributed by atoms with van der Waals surface area (Å²) in [5.41, 5.74) is 2.67. The average molecular weight is 577 g/mol. The van der Waals surface area contributed by atoms with E-state index < -0.39 is 36.2 Å². The molecule has 2 heterocycles. The summed E-state index contributed by atoms with van der Waals surface area (Å²) in [5, 5.41) is 0.779. The minimum atomic E-state index is -4.75. The van der Waals surface area contributed by atoms with Crippen LogP contribution >= 0.6 is 0 Å². The van der Waals surface area contributed by atoms with Gasteiger partial charge in [-0.2, -0.15) is 0 Å². The third-order valence-electron chi connectivity index (χ3n) is 7.08. The van der Waals surface area contributed by atoms with Crippen molar-refractivity contribution in [2.45, 2.75) is 71.2 Å². The van der Waals surface area contributed by atoms with Crippen LogP contribution < -0.4 is 4.74 Å². The second kappa shape index (κ2) is 11.7. The molecule has 0 amide bonds. The topological polar surface area (TPSA) is 79.2 Å². The number of piperidine rings is 1. The van der Waals surface area contributed by atoms with Gasteiger partial charge in [-0.25, -0.2) is 9.59 Å². The van der Waals surface area contributed by atoms with E-state index >= 15 is 0 Å². The quantitative estimate of drug-likeness (QED) is 0.300. The summed E-state index contributed by atoms with van der Waals surface area (Å²) < 4.78 is 61.4. The van der Waals surface area contributed by atoms with Crippen molar-refractivity contribution in [1.29, 1.82) is 0 Å². The first kappa shape index (κ1) is 30.4. The van der Waals surface area contributed by atoms with Crippen LogP contribution in [0.15, 0.2) is 42.6 Å². The number of nitrogens with zero attached hydrogens (tertiary/aromatic N) is 2. The number of esters is 1. The van der Waals surface area contributed by atoms with Crippen molar-refractivity contribution in [2.75, 3.05) is 20.8 Å². The molecule has 0 saturated carbocycles. The highest BCUT2D eigenvalue weighted by molar-refractivity contribution is 5.95. The van der Waals surface area contributed by atoms with Gasteiger partial charge in [-0.3, -0.25) is 14.2 Å². The Balaban J connectivity index is 1.73. The second-order valence-corrected chi connectivity index (χ2v) is 11.1. The van der Waals surface area contributed by atoms with Gasteiger partial charge in [-0.05, 0) is 75.9 Å². The lowest BCUT2D eigenvalue weighted by Gasteiger charge is -2.40. The number of aryl methyl sites for hydroxylation is 1. The van der Waals surface area contributed by atoms with E-state index in [1.807, 2.05) is 19.1 Å². The van der Waals surface area contributed by atoms with E-state index in [-0.39, 0.29) is 12.8 Å². The number of fused-ring (bicyclic) bond motifs is 1. The zero-order chi connectivity index (χ0) is 30.1. The zero-order valence-electron chi connectivity index (χ0n) is 24.0. The van der Waals surface area contributed by atoms with Crippen LogP contribution in [0.25, 0.3) is 10.9 Å². The molecule has 2 atom stereocenters. The molecule has 222 valence electrons. The van der Waals surface area contributed by atoms with Gasteiger partial charge in [0.25, 0.3) is 0 Å². The minimum absolute atomic E-state index is 0.0906. The van der Waals surface area contributed by atoms with E-state index in [1.165, 1.54) is 11.7 Å². The summed E-state index contributed by atoms with van der Waals surface area (Å²) >= 11 is 0. The molecule has 1 aliphatic heterocycles. The normalized spacial score (nSPS) is 18.4. The van der Waals surface area contributed by atoms with Crippen LogP contribution in [0.3, 0.4) is 0 Å². The Morgan fingerprint density at radius 3 is 2.32 bits per heavy atom. The molecule has 8 nitrogen and oxygen atoms in total. The van der Waals surface area contributed by atoms with Crippen LogP contribution in [-0.4, -0.2) is 60.4 Å². The molecular weight excluding hydrogens is 541 g/mol. The van der Waals surface area contributed by atoms with Gasteiger partial charge < -0.3 is 14.2 Å². The van der Waals surface area contributed by atoms with Gasteiger partial charge in [0.2, 0.25) is 0 Å². The maximum Gasteiger partial charge on any atom is 0.522 e. The van der Waals surface area contributed by atoms with Crippen LogP contribution in [0.1, 0.15) is 66.7 Å². The van der Waals surface area contributed by atoms with Crippen molar-refractivity contribution >= 4 is 23.0 Å². The molecule has 11 heteroatoms. The molecule has 3 aromatic rings. The zero-order valence-corrected chi connectivity index (χ0v) is 24.0. The molecule has 0 bridgehead atoms. The Labute approximate surface area is 236 Å². The molecule has 41 heavy (non-hydrogen) atoms. The molecule has 1 aromatic heterocycles. The SMILES string of the molecule is COC(=O)c1ccc([C@@H]2C[C@@H](OC(F)(F)F)CCN2Cc2c(OC)cc(C)c3c2ccn3C(=O)OC(C)(C)C)cc1. The predicted octanol–water partition coefficient (Wildman–Crippen LogP) is 6.77. The van der Waals surface area contributed by atoms with E-state index in [2.05, 4.69) is 9.64 Å². The lowest BCUT2D eigenvalue weighted by atomic mass is 9.91. The van der Waals surface area contributed by atoms with Crippen LogP contribution in [0.2, 0.25) is 0 Å². The predicted molar refractivity (Wildman–Crippen MR) is 146 cm³/mol. The molecule has 0 aliphatic carbocycles. The summed E-state index contributed by atoms with van der Waals surface area (Å²) in [6.45, 7) is 7.91. The van der Waals surface area contributed by atoms with E-state index in [0.717, 1.165) is 22.1 Å². The number of halogens is 3. The summed E-state index contributed by atoms with van der Waals surface area (Å²) in [6.07, 6.45) is -4.37. The van der Waals surface area contributed by atoms with Gasteiger partial charge in [0.1, 0.15) is 11.4 Å². The van der Waals surface area contributed by atoms with Crippen LogP contribution in [-0.2, 0) is 20.8 Å². The molecule has 0 unspecified atom stereocenters. The number of rotatable bonds is 6. The summed E-state index contributed by atoms with van der Waals surface area (Å²) in [6, 6.07) is 9.86. The van der Waals surface area contributed by atoms with Crippen molar-refractivity contribution in [1.82, 2.24) is 9.47 Å². The lowest BCUT2D eigenvalue weighted by molar-refractivity contribution is -0.347. The highest BCUT2D eigenvalue weighted by Crippen LogP contribution is 2.39. The van der Waals surface area contributed by atoms with Gasteiger partial charge in [0, 0.05) is 36.3 Å². The molecule has 4 rings (SSSR count). The minimum Gasteiger partial charge on any atom is -0.496 e.